The fourth-order valence-electron chi connectivity index (χ4n) is 3.23. The number of hydrogen-bond acceptors (Lipinski definition) is 4. The van der Waals surface area contributed by atoms with E-state index in [1.54, 1.807) is 19.2 Å². The summed E-state index contributed by atoms with van der Waals surface area (Å²) < 4.78 is 17.1. The highest BCUT2D eigenvalue weighted by molar-refractivity contribution is 5.58. The highest BCUT2D eigenvalue weighted by Crippen LogP contribution is 2.37. The summed E-state index contributed by atoms with van der Waals surface area (Å²) in [7, 11) is 1.61. The van der Waals surface area contributed by atoms with Gasteiger partial charge in [0, 0.05) is 18.1 Å². The van der Waals surface area contributed by atoms with Crippen LogP contribution in [0.4, 0.5) is 5.69 Å². The fourth-order valence-corrected chi connectivity index (χ4v) is 3.23. The maximum Gasteiger partial charge on any atom is 0.150 e. The van der Waals surface area contributed by atoms with Crippen molar-refractivity contribution in [3.63, 3.8) is 0 Å². The van der Waals surface area contributed by atoms with Crippen LogP contribution in [0.1, 0.15) is 17.0 Å². The van der Waals surface area contributed by atoms with Gasteiger partial charge in [-0.1, -0.05) is 36.4 Å². The summed E-state index contributed by atoms with van der Waals surface area (Å²) in [5.41, 5.74) is 9.07. The molecule has 1 heterocycles. The lowest BCUT2D eigenvalue weighted by atomic mass is 9.90. The average molecular weight is 347 g/mol. The van der Waals surface area contributed by atoms with Crippen molar-refractivity contribution in [1.29, 1.82) is 0 Å². The van der Waals surface area contributed by atoms with Gasteiger partial charge in [-0.15, -0.1) is 0 Å². The lowest BCUT2D eigenvalue weighted by Gasteiger charge is -2.26. The highest BCUT2D eigenvalue weighted by atomic mass is 16.5. The minimum Gasteiger partial charge on any atom is -0.497 e. The van der Waals surface area contributed by atoms with E-state index in [1.165, 1.54) is 11.1 Å². The highest BCUT2D eigenvalue weighted by Gasteiger charge is 2.21. The van der Waals surface area contributed by atoms with Crippen LogP contribution in [0.5, 0.6) is 23.0 Å². The number of fused-ring (bicyclic) bond motifs is 1. The van der Waals surface area contributed by atoms with Crippen molar-refractivity contribution < 1.29 is 14.2 Å². The van der Waals surface area contributed by atoms with Crippen molar-refractivity contribution in [1.82, 2.24) is 0 Å². The summed E-state index contributed by atoms with van der Waals surface area (Å²) >= 11 is 0. The van der Waals surface area contributed by atoms with E-state index in [0.29, 0.717) is 35.5 Å². The molecule has 1 unspecified atom stereocenters. The van der Waals surface area contributed by atoms with Crippen molar-refractivity contribution in [2.24, 2.45) is 0 Å². The second-order valence-electron chi connectivity index (χ2n) is 6.40. The Labute approximate surface area is 153 Å². The maximum atomic E-state index is 6.03. The average Bonchev–Trinajstić information content (AvgIpc) is 2.69. The third kappa shape index (κ3) is 3.31. The molecule has 132 valence electrons. The summed E-state index contributed by atoms with van der Waals surface area (Å²) in [6.07, 6.45) is 0.963. The Morgan fingerprint density at radius 2 is 1.77 bits per heavy atom. The number of hydrogen-bond donors (Lipinski definition) is 1. The molecule has 0 spiro atoms. The van der Waals surface area contributed by atoms with Crippen LogP contribution < -0.4 is 19.9 Å². The molecular weight excluding hydrogens is 326 g/mol. The predicted molar refractivity (Wildman–Crippen MR) is 102 cm³/mol. The van der Waals surface area contributed by atoms with E-state index >= 15 is 0 Å². The molecule has 0 saturated carbocycles. The standard InChI is InChI=1S/C22H21NO3/c1-24-18-9-10-21(20(23)12-18)26-19-8-7-16-11-17(14-25-22(16)13-19)15-5-3-2-4-6-15/h2-10,12-13,17H,11,14,23H2,1H3. The van der Waals surface area contributed by atoms with Gasteiger partial charge in [-0.2, -0.15) is 0 Å². The molecule has 26 heavy (non-hydrogen) atoms. The van der Waals surface area contributed by atoms with E-state index in [4.69, 9.17) is 19.9 Å². The van der Waals surface area contributed by atoms with Gasteiger partial charge in [0.05, 0.1) is 19.4 Å². The molecule has 3 aromatic carbocycles. The lowest BCUT2D eigenvalue weighted by molar-refractivity contribution is 0.261. The van der Waals surface area contributed by atoms with Crippen LogP contribution >= 0.6 is 0 Å². The first-order valence-corrected chi connectivity index (χ1v) is 8.65. The van der Waals surface area contributed by atoms with Crippen LogP contribution in [-0.4, -0.2) is 13.7 Å². The minimum atomic E-state index is 0.382. The first-order valence-electron chi connectivity index (χ1n) is 8.65. The van der Waals surface area contributed by atoms with Crippen molar-refractivity contribution in [3.05, 3.63) is 77.9 Å². The van der Waals surface area contributed by atoms with Gasteiger partial charge in [0.1, 0.15) is 17.2 Å². The molecule has 4 rings (SSSR count). The van der Waals surface area contributed by atoms with E-state index in [-0.39, 0.29) is 0 Å². The Morgan fingerprint density at radius 1 is 0.962 bits per heavy atom. The molecule has 0 radical (unpaired) electrons. The van der Waals surface area contributed by atoms with Crippen molar-refractivity contribution in [2.75, 3.05) is 19.5 Å². The van der Waals surface area contributed by atoms with Crippen molar-refractivity contribution in [3.8, 4) is 23.0 Å². The monoisotopic (exact) mass is 347 g/mol. The first-order chi connectivity index (χ1) is 12.7. The third-order valence-corrected chi connectivity index (χ3v) is 4.66. The molecule has 0 aliphatic carbocycles. The topological polar surface area (TPSA) is 53.7 Å². The van der Waals surface area contributed by atoms with Gasteiger partial charge in [0.25, 0.3) is 0 Å². The molecule has 0 amide bonds. The number of methoxy groups -OCH3 is 1. The molecular formula is C22H21NO3. The van der Waals surface area contributed by atoms with Crippen LogP contribution in [0.25, 0.3) is 0 Å². The molecule has 0 saturated heterocycles. The normalized spacial score (nSPS) is 15.7. The van der Waals surface area contributed by atoms with Crippen LogP contribution in [0.3, 0.4) is 0 Å². The molecule has 0 aromatic heterocycles. The summed E-state index contributed by atoms with van der Waals surface area (Å²) in [4.78, 5) is 0. The summed E-state index contributed by atoms with van der Waals surface area (Å²) in [6.45, 7) is 0.672. The number of benzene rings is 3. The first kappa shape index (κ1) is 16.3. The van der Waals surface area contributed by atoms with E-state index in [1.807, 2.05) is 24.3 Å². The quantitative estimate of drug-likeness (QED) is 0.690. The smallest absolute Gasteiger partial charge is 0.150 e. The fraction of sp³-hybridized carbons (Fsp3) is 0.182. The number of rotatable bonds is 4. The van der Waals surface area contributed by atoms with Gasteiger partial charge in [0.15, 0.2) is 5.75 Å². The zero-order valence-corrected chi connectivity index (χ0v) is 14.6. The number of anilines is 1. The third-order valence-electron chi connectivity index (χ3n) is 4.66. The molecule has 0 fully saturated rings. The Bertz CT molecular complexity index is 909. The maximum absolute atomic E-state index is 6.03. The van der Waals surface area contributed by atoms with Crippen LogP contribution in [0, 0.1) is 0 Å². The van der Waals surface area contributed by atoms with Crippen molar-refractivity contribution in [2.45, 2.75) is 12.3 Å². The second-order valence-corrected chi connectivity index (χ2v) is 6.40. The molecule has 1 aliphatic rings. The van der Waals surface area contributed by atoms with Gasteiger partial charge in [-0.25, -0.2) is 0 Å². The van der Waals surface area contributed by atoms with E-state index in [0.717, 1.165) is 12.2 Å². The van der Waals surface area contributed by atoms with Crippen LogP contribution in [0.2, 0.25) is 0 Å². The summed E-state index contributed by atoms with van der Waals surface area (Å²) in [5.74, 6) is 3.27. The zero-order chi connectivity index (χ0) is 17.9. The number of nitrogens with two attached hydrogens (primary N) is 1. The van der Waals surface area contributed by atoms with Gasteiger partial charge < -0.3 is 19.9 Å². The SMILES string of the molecule is COc1ccc(Oc2ccc3c(c2)OCC(c2ccccc2)C3)c(N)c1. The predicted octanol–water partition coefficient (Wildman–Crippen LogP) is 4.79. The van der Waals surface area contributed by atoms with E-state index in [2.05, 4.69) is 30.3 Å². The number of nitrogen functional groups attached to an aromatic ring is 1. The molecule has 2 N–H and O–H groups in total. The second kappa shape index (κ2) is 7.00. The van der Waals surface area contributed by atoms with Crippen LogP contribution in [0.15, 0.2) is 66.7 Å². The molecule has 3 aromatic rings. The van der Waals surface area contributed by atoms with Gasteiger partial charge in [-0.05, 0) is 35.7 Å². The van der Waals surface area contributed by atoms with Gasteiger partial charge in [0.2, 0.25) is 0 Å². The largest absolute Gasteiger partial charge is 0.497 e. The lowest BCUT2D eigenvalue weighted by Crippen LogP contribution is -2.19. The number of ether oxygens (including phenoxy) is 3. The van der Waals surface area contributed by atoms with Gasteiger partial charge in [-0.3, -0.25) is 0 Å². The Balaban J connectivity index is 1.52. The van der Waals surface area contributed by atoms with Gasteiger partial charge >= 0.3 is 0 Å². The molecule has 4 nitrogen and oxygen atoms in total. The van der Waals surface area contributed by atoms with E-state index in [9.17, 15) is 0 Å². The Hall–Kier alpha value is -3.14. The Kier molecular flexibility index (Phi) is 4.40. The summed E-state index contributed by atoms with van der Waals surface area (Å²) in [5, 5.41) is 0. The summed E-state index contributed by atoms with van der Waals surface area (Å²) in [6, 6.07) is 21.8. The van der Waals surface area contributed by atoms with E-state index < -0.39 is 0 Å². The van der Waals surface area contributed by atoms with Crippen LogP contribution in [-0.2, 0) is 6.42 Å². The zero-order valence-electron chi connectivity index (χ0n) is 14.6. The molecule has 0 bridgehead atoms. The molecule has 1 aliphatic heterocycles. The molecule has 1 atom stereocenters. The Morgan fingerprint density at radius 3 is 2.54 bits per heavy atom. The minimum absolute atomic E-state index is 0.382. The van der Waals surface area contributed by atoms with Crippen molar-refractivity contribution >= 4 is 5.69 Å². The molecule has 4 heteroatoms.